The van der Waals surface area contributed by atoms with Gasteiger partial charge in [-0.15, -0.1) is 0 Å². The zero-order valence-electron chi connectivity index (χ0n) is 11.4. The van der Waals surface area contributed by atoms with Crippen molar-refractivity contribution < 1.29 is 8.42 Å². The number of rotatable bonds is 6. The number of sulfonamides is 1. The molecule has 3 N–H and O–H groups in total. The van der Waals surface area contributed by atoms with Gasteiger partial charge in [0.15, 0.2) is 0 Å². The molecule has 0 saturated heterocycles. The van der Waals surface area contributed by atoms with Crippen LogP contribution in [-0.4, -0.2) is 39.9 Å². The standard InChI is InChI=1S/C12H15N5O2S2/c1-17(6-11-14-8-15-16-11)21(18,19)7-9-2-4-10(5-3-9)12(13)20/h2-5,8H,6-7H2,1H3,(H2,13,20)(H,14,15,16). The molecule has 112 valence electrons. The third kappa shape index (κ3) is 4.06. The molecule has 1 aromatic heterocycles. The number of thiocarbonyl (C=S) groups is 1. The molecule has 0 spiro atoms. The first-order valence-corrected chi connectivity index (χ1v) is 8.07. The van der Waals surface area contributed by atoms with Crippen LogP contribution in [0.1, 0.15) is 17.0 Å². The molecule has 21 heavy (non-hydrogen) atoms. The minimum absolute atomic E-state index is 0.102. The maximum absolute atomic E-state index is 12.3. The van der Waals surface area contributed by atoms with Crippen LogP contribution in [0.4, 0.5) is 0 Å². The number of aromatic nitrogens is 3. The van der Waals surface area contributed by atoms with Gasteiger partial charge in [0.1, 0.15) is 17.1 Å². The van der Waals surface area contributed by atoms with E-state index in [-0.39, 0.29) is 17.3 Å². The number of nitrogens with two attached hydrogens (primary N) is 1. The van der Waals surface area contributed by atoms with Gasteiger partial charge in [-0.25, -0.2) is 13.4 Å². The number of aromatic amines is 1. The maximum atomic E-state index is 12.3. The first-order chi connectivity index (χ1) is 9.88. The van der Waals surface area contributed by atoms with Crippen LogP contribution in [0.3, 0.4) is 0 Å². The Morgan fingerprint density at radius 3 is 2.57 bits per heavy atom. The maximum Gasteiger partial charge on any atom is 0.218 e. The summed E-state index contributed by atoms with van der Waals surface area (Å²) in [6.07, 6.45) is 1.34. The number of nitrogens with zero attached hydrogens (tertiary/aromatic N) is 3. The van der Waals surface area contributed by atoms with Crippen molar-refractivity contribution in [2.45, 2.75) is 12.3 Å². The lowest BCUT2D eigenvalue weighted by atomic mass is 10.1. The fraction of sp³-hybridized carbons (Fsp3) is 0.250. The predicted octanol–water partition coefficient (Wildman–Crippen LogP) is 0.401. The molecule has 0 aliphatic carbocycles. The Morgan fingerprint density at radius 1 is 1.38 bits per heavy atom. The second kappa shape index (κ2) is 6.29. The Balaban J connectivity index is 2.07. The van der Waals surface area contributed by atoms with Crippen LogP contribution in [0, 0.1) is 0 Å². The van der Waals surface area contributed by atoms with E-state index in [1.807, 2.05) is 0 Å². The highest BCUT2D eigenvalue weighted by atomic mass is 32.2. The van der Waals surface area contributed by atoms with E-state index in [9.17, 15) is 8.42 Å². The van der Waals surface area contributed by atoms with Crippen molar-refractivity contribution in [2.24, 2.45) is 5.73 Å². The summed E-state index contributed by atoms with van der Waals surface area (Å²) >= 11 is 4.86. The molecule has 2 aromatic rings. The van der Waals surface area contributed by atoms with Gasteiger partial charge in [0, 0.05) is 12.6 Å². The Hall–Kier alpha value is -1.84. The van der Waals surface area contributed by atoms with Gasteiger partial charge in [0.25, 0.3) is 0 Å². The van der Waals surface area contributed by atoms with Crippen LogP contribution in [0.15, 0.2) is 30.6 Å². The number of hydrogen-bond acceptors (Lipinski definition) is 5. The van der Waals surface area contributed by atoms with Gasteiger partial charge in [-0.3, -0.25) is 5.10 Å². The monoisotopic (exact) mass is 325 g/mol. The summed E-state index contributed by atoms with van der Waals surface area (Å²) in [7, 11) is -1.94. The van der Waals surface area contributed by atoms with Crippen LogP contribution in [0.2, 0.25) is 0 Å². The summed E-state index contributed by atoms with van der Waals surface area (Å²) in [4.78, 5) is 4.19. The highest BCUT2D eigenvalue weighted by molar-refractivity contribution is 7.88. The average Bonchev–Trinajstić information content (AvgIpc) is 2.91. The van der Waals surface area contributed by atoms with Crippen LogP contribution < -0.4 is 5.73 Å². The van der Waals surface area contributed by atoms with Gasteiger partial charge in [-0.05, 0) is 5.56 Å². The number of nitrogens with one attached hydrogen (secondary N) is 1. The molecule has 0 amide bonds. The van der Waals surface area contributed by atoms with Crippen molar-refractivity contribution in [3.63, 3.8) is 0 Å². The second-order valence-electron chi connectivity index (χ2n) is 4.51. The van der Waals surface area contributed by atoms with Crippen LogP contribution in [0.25, 0.3) is 0 Å². The normalized spacial score (nSPS) is 11.7. The molecule has 0 unspecified atom stereocenters. The summed E-state index contributed by atoms with van der Waals surface area (Å²) in [6, 6.07) is 6.83. The average molecular weight is 325 g/mol. The topological polar surface area (TPSA) is 105 Å². The SMILES string of the molecule is CN(Cc1ncn[nH]1)S(=O)(=O)Cc1ccc(C(N)=S)cc1. The third-order valence-corrected chi connectivity index (χ3v) is 4.91. The van der Waals surface area contributed by atoms with Gasteiger partial charge >= 0.3 is 0 Å². The quantitative estimate of drug-likeness (QED) is 0.745. The summed E-state index contributed by atoms with van der Waals surface area (Å²) < 4.78 is 25.7. The first kappa shape index (κ1) is 15.5. The van der Waals surface area contributed by atoms with Crippen LogP contribution >= 0.6 is 12.2 Å². The van der Waals surface area contributed by atoms with Crippen LogP contribution in [0.5, 0.6) is 0 Å². The van der Waals surface area contributed by atoms with Crippen molar-refractivity contribution in [2.75, 3.05) is 7.05 Å². The largest absolute Gasteiger partial charge is 0.389 e. The van der Waals surface area contributed by atoms with Crippen molar-refractivity contribution in [1.29, 1.82) is 0 Å². The summed E-state index contributed by atoms with van der Waals surface area (Å²) in [6.45, 7) is 0.146. The van der Waals surface area contributed by atoms with Crippen molar-refractivity contribution in [3.05, 3.63) is 47.5 Å². The molecule has 0 saturated carbocycles. The Labute approximate surface area is 128 Å². The van der Waals surface area contributed by atoms with E-state index in [0.29, 0.717) is 17.0 Å². The summed E-state index contributed by atoms with van der Waals surface area (Å²) in [5, 5.41) is 6.31. The fourth-order valence-electron chi connectivity index (χ4n) is 1.70. The smallest absolute Gasteiger partial charge is 0.218 e. The Bertz CT molecular complexity index is 711. The number of benzene rings is 1. The lowest BCUT2D eigenvalue weighted by Crippen LogP contribution is -2.28. The number of H-pyrrole nitrogens is 1. The molecule has 0 fully saturated rings. The molecular weight excluding hydrogens is 310 g/mol. The van der Waals surface area contributed by atoms with Gasteiger partial charge < -0.3 is 5.73 Å². The Kier molecular flexibility index (Phi) is 4.66. The highest BCUT2D eigenvalue weighted by Crippen LogP contribution is 2.12. The molecule has 0 atom stereocenters. The molecule has 2 rings (SSSR count). The summed E-state index contributed by atoms with van der Waals surface area (Å²) in [5.41, 5.74) is 6.88. The zero-order chi connectivity index (χ0) is 15.5. The fourth-order valence-corrected chi connectivity index (χ4v) is 2.99. The Morgan fingerprint density at radius 2 is 2.05 bits per heavy atom. The zero-order valence-corrected chi connectivity index (χ0v) is 13.0. The molecular formula is C12H15N5O2S2. The van der Waals surface area contributed by atoms with Crippen molar-refractivity contribution in [1.82, 2.24) is 19.5 Å². The van der Waals surface area contributed by atoms with E-state index < -0.39 is 10.0 Å². The third-order valence-electron chi connectivity index (χ3n) is 2.90. The molecule has 0 bridgehead atoms. The van der Waals surface area contributed by atoms with E-state index in [0.717, 1.165) is 0 Å². The molecule has 9 heteroatoms. The van der Waals surface area contributed by atoms with Crippen LogP contribution in [-0.2, 0) is 22.3 Å². The van der Waals surface area contributed by atoms with Crippen molar-refractivity contribution >= 4 is 27.2 Å². The first-order valence-electron chi connectivity index (χ1n) is 6.05. The van der Waals surface area contributed by atoms with Gasteiger partial charge in [0.05, 0.1) is 12.3 Å². The van der Waals surface area contributed by atoms with E-state index in [4.69, 9.17) is 18.0 Å². The molecule has 0 radical (unpaired) electrons. The van der Waals surface area contributed by atoms with Gasteiger partial charge in [-0.1, -0.05) is 36.5 Å². The second-order valence-corrected chi connectivity index (χ2v) is 7.02. The lowest BCUT2D eigenvalue weighted by Gasteiger charge is -2.15. The summed E-state index contributed by atoms with van der Waals surface area (Å²) in [5.74, 6) is 0.389. The van der Waals surface area contributed by atoms with Gasteiger partial charge in [0.2, 0.25) is 10.0 Å². The number of hydrogen-bond donors (Lipinski definition) is 2. The van der Waals surface area contributed by atoms with E-state index >= 15 is 0 Å². The highest BCUT2D eigenvalue weighted by Gasteiger charge is 2.19. The molecule has 0 aliphatic rings. The molecule has 0 aliphatic heterocycles. The minimum Gasteiger partial charge on any atom is -0.389 e. The molecule has 7 nitrogen and oxygen atoms in total. The van der Waals surface area contributed by atoms with Gasteiger partial charge in [-0.2, -0.15) is 9.40 Å². The molecule has 1 aromatic carbocycles. The lowest BCUT2D eigenvalue weighted by molar-refractivity contribution is 0.456. The predicted molar refractivity (Wildman–Crippen MR) is 82.8 cm³/mol. The molecule has 1 heterocycles. The minimum atomic E-state index is -3.44. The van der Waals surface area contributed by atoms with E-state index in [1.54, 1.807) is 24.3 Å². The van der Waals surface area contributed by atoms with E-state index in [1.165, 1.54) is 17.7 Å². The van der Waals surface area contributed by atoms with E-state index in [2.05, 4.69) is 15.2 Å². The van der Waals surface area contributed by atoms with Crippen molar-refractivity contribution in [3.8, 4) is 0 Å².